The zero-order valence-electron chi connectivity index (χ0n) is 9.42. The average Bonchev–Trinajstić information content (AvgIpc) is 2.72. The van der Waals surface area contributed by atoms with Gasteiger partial charge in [0.25, 0.3) is 0 Å². The smallest absolute Gasteiger partial charge is 0.311 e. The van der Waals surface area contributed by atoms with E-state index < -0.39 is 4.92 Å². The molecule has 2 rings (SSSR count). The number of aryl methyl sites for hydroxylation is 1. The van der Waals surface area contributed by atoms with Crippen LogP contribution in [0.3, 0.4) is 0 Å². The molecule has 0 atom stereocenters. The van der Waals surface area contributed by atoms with Crippen molar-refractivity contribution in [2.24, 2.45) is 0 Å². The molecule has 0 unspecified atom stereocenters. The van der Waals surface area contributed by atoms with Crippen LogP contribution in [0.1, 0.15) is 11.5 Å². The lowest BCUT2D eigenvalue weighted by Crippen LogP contribution is -1.99. The molecule has 0 saturated heterocycles. The van der Waals surface area contributed by atoms with Gasteiger partial charge in [-0.05, 0) is 13.0 Å². The molecule has 18 heavy (non-hydrogen) atoms. The largest absolute Gasteiger partial charge is 0.480 e. The van der Waals surface area contributed by atoms with E-state index in [-0.39, 0.29) is 18.0 Å². The van der Waals surface area contributed by atoms with Crippen LogP contribution in [0.25, 0.3) is 0 Å². The molecule has 1 heterocycles. The molecule has 0 N–H and O–H groups in total. The van der Waals surface area contributed by atoms with Gasteiger partial charge in [0.1, 0.15) is 18.1 Å². The van der Waals surface area contributed by atoms with Crippen LogP contribution in [-0.2, 0) is 6.61 Å². The van der Waals surface area contributed by atoms with Crippen LogP contribution in [-0.4, -0.2) is 10.1 Å². The van der Waals surface area contributed by atoms with E-state index in [0.717, 1.165) is 0 Å². The van der Waals surface area contributed by atoms with Gasteiger partial charge in [0.15, 0.2) is 5.75 Å². The Morgan fingerprint density at radius 3 is 2.89 bits per heavy atom. The molecule has 0 saturated carbocycles. The predicted molar refractivity (Wildman–Crippen MR) is 63.7 cm³/mol. The Labute approximate surface area is 107 Å². The van der Waals surface area contributed by atoms with Gasteiger partial charge in [-0.2, -0.15) is 0 Å². The van der Waals surface area contributed by atoms with Crippen LogP contribution >= 0.6 is 11.6 Å². The summed E-state index contributed by atoms with van der Waals surface area (Å²) in [6.45, 7) is 1.83. The van der Waals surface area contributed by atoms with Crippen molar-refractivity contribution in [1.29, 1.82) is 0 Å². The fraction of sp³-hybridized carbons (Fsp3) is 0.182. The van der Waals surface area contributed by atoms with Crippen LogP contribution < -0.4 is 4.74 Å². The Morgan fingerprint density at radius 2 is 2.28 bits per heavy atom. The summed E-state index contributed by atoms with van der Waals surface area (Å²) in [4.78, 5) is 10.3. The van der Waals surface area contributed by atoms with E-state index in [1.165, 1.54) is 18.2 Å². The number of rotatable bonds is 4. The van der Waals surface area contributed by atoms with E-state index in [2.05, 4.69) is 5.16 Å². The first kappa shape index (κ1) is 12.4. The monoisotopic (exact) mass is 268 g/mol. The van der Waals surface area contributed by atoms with E-state index in [9.17, 15) is 10.1 Å². The molecule has 1 aromatic carbocycles. The number of nitrogens with zero attached hydrogens (tertiary/aromatic N) is 2. The Hall–Kier alpha value is -2.08. The van der Waals surface area contributed by atoms with Crippen molar-refractivity contribution in [1.82, 2.24) is 5.16 Å². The highest BCUT2D eigenvalue weighted by molar-refractivity contribution is 6.30. The maximum Gasteiger partial charge on any atom is 0.311 e. The number of halogens is 1. The minimum absolute atomic E-state index is 0.0819. The SMILES string of the molecule is Cc1cc(COc2cc(Cl)ccc2[N+](=O)[O-])no1. The Bertz CT molecular complexity index is 582. The summed E-state index contributed by atoms with van der Waals surface area (Å²) < 4.78 is 10.2. The molecule has 0 aliphatic heterocycles. The fourth-order valence-electron chi connectivity index (χ4n) is 1.39. The molecule has 94 valence electrons. The molecule has 0 amide bonds. The minimum atomic E-state index is -0.528. The van der Waals surface area contributed by atoms with Gasteiger partial charge in [0.05, 0.1) is 4.92 Å². The summed E-state index contributed by atoms with van der Waals surface area (Å²) in [5.74, 6) is 0.752. The molecule has 1 aromatic heterocycles. The highest BCUT2D eigenvalue weighted by Gasteiger charge is 2.15. The third-order valence-corrected chi connectivity index (χ3v) is 2.41. The second-order valence-electron chi connectivity index (χ2n) is 3.59. The summed E-state index contributed by atoms with van der Waals surface area (Å²) in [5.41, 5.74) is 0.418. The van der Waals surface area contributed by atoms with Gasteiger partial charge in [-0.3, -0.25) is 10.1 Å². The van der Waals surface area contributed by atoms with Gasteiger partial charge >= 0.3 is 5.69 Å². The summed E-state index contributed by atoms with van der Waals surface area (Å²) in [6, 6.07) is 5.82. The molecule has 0 radical (unpaired) electrons. The molecule has 0 spiro atoms. The van der Waals surface area contributed by atoms with Crippen LogP contribution in [0.4, 0.5) is 5.69 Å². The second kappa shape index (κ2) is 5.05. The maximum absolute atomic E-state index is 10.8. The van der Waals surface area contributed by atoms with Crippen molar-refractivity contribution >= 4 is 17.3 Å². The number of hydrogen-bond donors (Lipinski definition) is 0. The first-order valence-corrected chi connectivity index (χ1v) is 5.43. The molecule has 0 aliphatic carbocycles. The highest BCUT2D eigenvalue weighted by atomic mass is 35.5. The predicted octanol–water partition coefficient (Wildman–Crippen LogP) is 3.12. The number of aromatic nitrogens is 1. The number of hydrogen-bond acceptors (Lipinski definition) is 5. The van der Waals surface area contributed by atoms with Gasteiger partial charge in [0, 0.05) is 23.2 Å². The zero-order chi connectivity index (χ0) is 13.1. The molecular formula is C11H9ClN2O4. The summed E-state index contributed by atoms with van der Waals surface area (Å²) in [5, 5.41) is 14.9. The Morgan fingerprint density at radius 1 is 1.50 bits per heavy atom. The maximum atomic E-state index is 10.8. The third kappa shape index (κ3) is 2.78. The van der Waals surface area contributed by atoms with Crippen molar-refractivity contribution in [3.63, 3.8) is 0 Å². The first-order valence-electron chi connectivity index (χ1n) is 5.05. The van der Waals surface area contributed by atoms with E-state index in [4.69, 9.17) is 20.9 Å². The Balaban J connectivity index is 2.17. The lowest BCUT2D eigenvalue weighted by Gasteiger charge is -2.04. The van der Waals surface area contributed by atoms with Crippen molar-refractivity contribution in [2.45, 2.75) is 13.5 Å². The van der Waals surface area contributed by atoms with E-state index in [0.29, 0.717) is 16.5 Å². The molecular weight excluding hydrogens is 260 g/mol. The van der Waals surface area contributed by atoms with Crippen molar-refractivity contribution in [2.75, 3.05) is 0 Å². The van der Waals surface area contributed by atoms with E-state index in [1.54, 1.807) is 13.0 Å². The van der Waals surface area contributed by atoms with E-state index >= 15 is 0 Å². The number of benzene rings is 1. The number of nitro benzene ring substituents is 1. The van der Waals surface area contributed by atoms with Crippen LogP contribution in [0.2, 0.25) is 5.02 Å². The molecule has 0 bridgehead atoms. The Kier molecular flexibility index (Phi) is 3.47. The van der Waals surface area contributed by atoms with Crippen molar-refractivity contribution in [3.8, 4) is 5.75 Å². The lowest BCUT2D eigenvalue weighted by atomic mass is 10.3. The molecule has 7 heteroatoms. The quantitative estimate of drug-likeness (QED) is 0.629. The zero-order valence-corrected chi connectivity index (χ0v) is 10.2. The van der Waals surface area contributed by atoms with Crippen molar-refractivity contribution < 1.29 is 14.2 Å². The van der Waals surface area contributed by atoms with Gasteiger partial charge in [-0.15, -0.1) is 0 Å². The van der Waals surface area contributed by atoms with Crippen molar-refractivity contribution in [3.05, 3.63) is 50.9 Å². The summed E-state index contributed by atoms with van der Waals surface area (Å²) in [7, 11) is 0. The van der Waals surface area contributed by atoms with Crippen LogP contribution in [0.15, 0.2) is 28.8 Å². The summed E-state index contributed by atoms with van der Waals surface area (Å²) in [6.07, 6.45) is 0. The molecule has 0 fully saturated rings. The topological polar surface area (TPSA) is 78.4 Å². The van der Waals surface area contributed by atoms with Gasteiger partial charge < -0.3 is 9.26 Å². The van der Waals surface area contributed by atoms with E-state index in [1.807, 2.05) is 0 Å². The average molecular weight is 269 g/mol. The minimum Gasteiger partial charge on any atom is -0.480 e. The molecule has 6 nitrogen and oxygen atoms in total. The molecule has 0 aliphatic rings. The fourth-order valence-corrected chi connectivity index (χ4v) is 1.55. The summed E-state index contributed by atoms with van der Waals surface area (Å²) >= 11 is 5.77. The second-order valence-corrected chi connectivity index (χ2v) is 4.02. The highest BCUT2D eigenvalue weighted by Crippen LogP contribution is 2.30. The van der Waals surface area contributed by atoms with Crippen LogP contribution in [0.5, 0.6) is 5.75 Å². The standard InChI is InChI=1S/C11H9ClN2O4/c1-7-4-9(13-18-7)6-17-11-5-8(12)2-3-10(11)14(15)16/h2-5H,6H2,1H3. The number of ether oxygens (including phenoxy) is 1. The van der Waals surface area contributed by atoms with Gasteiger partial charge in [0.2, 0.25) is 0 Å². The lowest BCUT2D eigenvalue weighted by molar-refractivity contribution is -0.385. The number of nitro groups is 1. The first-order chi connectivity index (χ1) is 8.56. The third-order valence-electron chi connectivity index (χ3n) is 2.17. The van der Waals surface area contributed by atoms with Crippen LogP contribution in [0, 0.1) is 17.0 Å². The van der Waals surface area contributed by atoms with Gasteiger partial charge in [-0.1, -0.05) is 16.8 Å². The normalized spacial score (nSPS) is 10.3. The molecule has 2 aromatic rings. The van der Waals surface area contributed by atoms with Gasteiger partial charge in [-0.25, -0.2) is 0 Å².